The first kappa shape index (κ1) is 16.7. The van der Waals surface area contributed by atoms with E-state index < -0.39 is 6.10 Å². The summed E-state index contributed by atoms with van der Waals surface area (Å²) in [5, 5.41) is 11.2. The van der Waals surface area contributed by atoms with Crippen molar-refractivity contribution in [3.05, 3.63) is 35.5 Å². The number of hydrogen-bond donors (Lipinski definition) is 1. The molecule has 1 aromatic carbocycles. The third-order valence-electron chi connectivity index (χ3n) is 4.73. The van der Waals surface area contributed by atoms with E-state index in [4.69, 9.17) is 4.74 Å². The smallest absolute Gasteiger partial charge is 0.341 e. The average Bonchev–Trinajstić information content (AvgIpc) is 2.56. The number of β-amino-alcohol motifs (C(OH)–C–C–N with tert-alkyl or cyclic N) is 1. The summed E-state index contributed by atoms with van der Waals surface area (Å²) >= 11 is 0. The van der Waals surface area contributed by atoms with Gasteiger partial charge in [0.15, 0.2) is 0 Å². The number of rotatable bonds is 3. The number of carbonyl (C=O) groups excluding carboxylic acids is 1. The highest BCUT2D eigenvalue weighted by molar-refractivity contribution is 6.05. The van der Waals surface area contributed by atoms with Crippen LogP contribution in [0.15, 0.2) is 24.4 Å². The Hall–Kier alpha value is -2.14. The lowest BCUT2D eigenvalue weighted by Gasteiger charge is -2.37. The van der Waals surface area contributed by atoms with Gasteiger partial charge in [-0.3, -0.25) is 4.98 Å². The summed E-state index contributed by atoms with van der Waals surface area (Å²) in [7, 11) is 0. The predicted molar refractivity (Wildman–Crippen MR) is 94.4 cm³/mol. The predicted octanol–water partition coefficient (Wildman–Crippen LogP) is 2.93. The van der Waals surface area contributed by atoms with Crippen LogP contribution in [0.25, 0.3) is 10.9 Å². The van der Waals surface area contributed by atoms with Crippen molar-refractivity contribution >= 4 is 22.6 Å². The average molecular weight is 328 g/mol. The molecule has 0 amide bonds. The summed E-state index contributed by atoms with van der Waals surface area (Å²) in [6.45, 7) is 7.51. The van der Waals surface area contributed by atoms with Gasteiger partial charge in [0.25, 0.3) is 0 Å². The number of piperidine rings is 1. The summed E-state index contributed by atoms with van der Waals surface area (Å²) < 4.78 is 5.22. The van der Waals surface area contributed by atoms with Gasteiger partial charge in [0.1, 0.15) is 5.56 Å². The monoisotopic (exact) mass is 328 g/mol. The Morgan fingerprint density at radius 2 is 2.25 bits per heavy atom. The number of aliphatic hydroxyl groups excluding tert-OH is 1. The second-order valence-corrected chi connectivity index (χ2v) is 6.54. The lowest BCUT2D eigenvalue weighted by Crippen LogP contribution is -2.43. The molecule has 1 aromatic heterocycles. The maximum absolute atomic E-state index is 12.4. The Balaban J connectivity index is 2.15. The van der Waals surface area contributed by atoms with Gasteiger partial charge in [-0.1, -0.05) is 18.6 Å². The van der Waals surface area contributed by atoms with E-state index in [9.17, 15) is 9.90 Å². The third kappa shape index (κ3) is 3.08. The number of nitrogens with zero attached hydrogens (tertiary/aromatic N) is 2. The van der Waals surface area contributed by atoms with Crippen LogP contribution in [0.5, 0.6) is 0 Å². The fourth-order valence-electron chi connectivity index (χ4n) is 3.24. The van der Waals surface area contributed by atoms with E-state index >= 15 is 0 Å². The van der Waals surface area contributed by atoms with Gasteiger partial charge in [0, 0.05) is 24.7 Å². The highest BCUT2D eigenvalue weighted by Gasteiger charge is 2.29. The highest BCUT2D eigenvalue weighted by atomic mass is 16.5. The zero-order chi connectivity index (χ0) is 17.3. The van der Waals surface area contributed by atoms with Gasteiger partial charge >= 0.3 is 5.97 Å². The van der Waals surface area contributed by atoms with Crippen LogP contribution < -0.4 is 4.90 Å². The molecular weight excluding hydrogens is 304 g/mol. The van der Waals surface area contributed by atoms with Crippen molar-refractivity contribution in [1.29, 1.82) is 0 Å². The quantitative estimate of drug-likeness (QED) is 0.878. The minimum Gasteiger partial charge on any atom is -0.462 e. The molecule has 2 aromatic rings. The van der Waals surface area contributed by atoms with Crippen molar-refractivity contribution in [3.8, 4) is 0 Å². The molecule has 24 heavy (non-hydrogen) atoms. The van der Waals surface area contributed by atoms with E-state index in [0.717, 1.165) is 35.1 Å². The molecule has 0 spiro atoms. The molecule has 1 aliphatic heterocycles. The van der Waals surface area contributed by atoms with Crippen molar-refractivity contribution in [2.24, 2.45) is 5.92 Å². The number of pyridine rings is 1. The number of aromatic nitrogens is 1. The van der Waals surface area contributed by atoms with E-state index in [1.54, 1.807) is 13.1 Å². The summed E-state index contributed by atoms with van der Waals surface area (Å²) in [5.74, 6) is -0.0985. The van der Waals surface area contributed by atoms with Crippen molar-refractivity contribution in [2.45, 2.75) is 33.3 Å². The standard InChI is InChI=1S/C19H24N2O3/c1-4-24-19(23)15-10-20-16-6-5-12(2)9-14(16)18(15)21-8-7-13(3)17(22)11-21/h5-6,9-10,13,17,22H,4,7-8,11H2,1-3H3. The van der Waals surface area contributed by atoms with Crippen LogP contribution in [0.4, 0.5) is 5.69 Å². The fraction of sp³-hybridized carbons (Fsp3) is 0.474. The van der Waals surface area contributed by atoms with Gasteiger partial charge in [-0.2, -0.15) is 0 Å². The molecule has 2 atom stereocenters. The maximum atomic E-state index is 12.4. The SMILES string of the molecule is CCOC(=O)c1cnc2ccc(C)cc2c1N1CCC(C)C(O)C1. The van der Waals surface area contributed by atoms with E-state index in [0.29, 0.717) is 18.7 Å². The van der Waals surface area contributed by atoms with Gasteiger partial charge in [0.2, 0.25) is 0 Å². The Morgan fingerprint density at radius 1 is 1.46 bits per heavy atom. The molecule has 2 unspecified atom stereocenters. The number of benzene rings is 1. The largest absolute Gasteiger partial charge is 0.462 e. The van der Waals surface area contributed by atoms with Crippen LogP contribution in [-0.2, 0) is 4.74 Å². The molecule has 1 aliphatic rings. The first-order valence-electron chi connectivity index (χ1n) is 8.50. The first-order valence-corrected chi connectivity index (χ1v) is 8.50. The normalized spacial score (nSPS) is 21.1. The van der Waals surface area contributed by atoms with E-state index in [2.05, 4.69) is 16.8 Å². The van der Waals surface area contributed by atoms with E-state index in [1.807, 2.05) is 25.1 Å². The topological polar surface area (TPSA) is 62.7 Å². The summed E-state index contributed by atoms with van der Waals surface area (Å²) in [5.41, 5.74) is 3.25. The number of aryl methyl sites for hydroxylation is 1. The Bertz CT molecular complexity index is 760. The molecule has 0 aliphatic carbocycles. The number of hydrogen-bond acceptors (Lipinski definition) is 5. The lowest BCUT2D eigenvalue weighted by atomic mass is 9.94. The number of carbonyl (C=O) groups is 1. The number of fused-ring (bicyclic) bond motifs is 1. The number of ether oxygens (including phenoxy) is 1. The molecule has 3 rings (SSSR count). The van der Waals surface area contributed by atoms with Gasteiger partial charge in [-0.15, -0.1) is 0 Å². The van der Waals surface area contributed by atoms with Gasteiger partial charge in [0.05, 0.1) is 23.9 Å². The van der Waals surface area contributed by atoms with Crippen LogP contribution in [0.2, 0.25) is 0 Å². The van der Waals surface area contributed by atoms with E-state index in [-0.39, 0.29) is 11.9 Å². The molecule has 0 bridgehead atoms. The molecule has 1 N–H and O–H groups in total. The van der Waals surface area contributed by atoms with Crippen LogP contribution >= 0.6 is 0 Å². The van der Waals surface area contributed by atoms with Crippen LogP contribution in [0.3, 0.4) is 0 Å². The Morgan fingerprint density at radius 3 is 2.96 bits per heavy atom. The Kier molecular flexibility index (Phi) is 4.71. The maximum Gasteiger partial charge on any atom is 0.341 e. The van der Waals surface area contributed by atoms with Gasteiger partial charge < -0.3 is 14.7 Å². The van der Waals surface area contributed by atoms with Gasteiger partial charge in [-0.05, 0) is 38.3 Å². The molecule has 128 valence electrons. The first-order chi connectivity index (χ1) is 11.5. The van der Waals surface area contributed by atoms with Crippen LogP contribution in [0, 0.1) is 12.8 Å². The Labute approximate surface area is 142 Å². The second kappa shape index (κ2) is 6.77. The summed E-state index contributed by atoms with van der Waals surface area (Å²) in [6.07, 6.45) is 2.08. The zero-order valence-corrected chi connectivity index (χ0v) is 14.5. The number of anilines is 1. The third-order valence-corrected chi connectivity index (χ3v) is 4.73. The minimum absolute atomic E-state index is 0.266. The van der Waals surface area contributed by atoms with Crippen LogP contribution in [0.1, 0.15) is 36.2 Å². The van der Waals surface area contributed by atoms with Crippen molar-refractivity contribution < 1.29 is 14.6 Å². The van der Waals surface area contributed by atoms with Gasteiger partial charge in [-0.25, -0.2) is 4.79 Å². The molecular formula is C19H24N2O3. The molecule has 5 nitrogen and oxygen atoms in total. The molecule has 0 saturated carbocycles. The molecule has 5 heteroatoms. The molecule has 0 radical (unpaired) electrons. The summed E-state index contributed by atoms with van der Waals surface area (Å²) in [4.78, 5) is 19.0. The number of aliphatic hydroxyl groups is 1. The molecule has 1 saturated heterocycles. The molecule has 2 heterocycles. The van der Waals surface area contributed by atoms with Crippen molar-refractivity contribution in [2.75, 3.05) is 24.6 Å². The number of esters is 1. The van der Waals surface area contributed by atoms with Crippen molar-refractivity contribution in [3.63, 3.8) is 0 Å². The fourth-order valence-corrected chi connectivity index (χ4v) is 3.24. The highest BCUT2D eigenvalue weighted by Crippen LogP contribution is 2.33. The lowest BCUT2D eigenvalue weighted by molar-refractivity contribution is 0.0525. The summed E-state index contributed by atoms with van der Waals surface area (Å²) in [6, 6.07) is 6.02. The zero-order valence-electron chi connectivity index (χ0n) is 14.5. The second-order valence-electron chi connectivity index (χ2n) is 6.54. The van der Waals surface area contributed by atoms with Crippen molar-refractivity contribution in [1.82, 2.24) is 4.98 Å². The minimum atomic E-state index is -0.401. The van der Waals surface area contributed by atoms with E-state index in [1.165, 1.54) is 0 Å². The molecule has 1 fully saturated rings. The van der Waals surface area contributed by atoms with Crippen LogP contribution in [-0.4, -0.2) is 41.9 Å².